The molecule has 2 N–H and O–H groups in total. The summed E-state index contributed by atoms with van der Waals surface area (Å²) in [6.45, 7) is 9.26. The average Bonchev–Trinajstić information content (AvgIpc) is 3.08. The Hall–Kier alpha value is -1.74. The maximum absolute atomic E-state index is 12.0. The van der Waals surface area contributed by atoms with E-state index < -0.39 is 12.5 Å². The van der Waals surface area contributed by atoms with Crippen molar-refractivity contribution in [3.63, 3.8) is 0 Å². The molecule has 2 atom stereocenters. The second kappa shape index (κ2) is 10.0. The molecule has 32 heavy (non-hydrogen) atoms. The second-order valence-corrected chi connectivity index (χ2v) is 10.7. The smallest absolute Gasteiger partial charge is 0.256 e. The third kappa shape index (κ3) is 5.09. The van der Waals surface area contributed by atoms with E-state index in [2.05, 4.69) is 31.9 Å². The molecule has 0 radical (unpaired) electrons. The fourth-order valence-corrected chi connectivity index (χ4v) is 4.64. The van der Waals surface area contributed by atoms with E-state index in [9.17, 15) is 19.8 Å². The van der Waals surface area contributed by atoms with Gasteiger partial charge in [-0.3, -0.25) is 9.59 Å². The molecular weight excluding hydrogens is 540 g/mol. The molecule has 0 saturated carbocycles. The van der Waals surface area contributed by atoms with Crippen LogP contribution in [0.25, 0.3) is 0 Å². The summed E-state index contributed by atoms with van der Waals surface area (Å²) in [6, 6.07) is 10.8. The number of hydrogen-bond acceptors (Lipinski definition) is 4. The van der Waals surface area contributed by atoms with Crippen LogP contribution in [0, 0.1) is 11.8 Å². The minimum absolute atomic E-state index is 0.0799. The second-order valence-electron chi connectivity index (χ2n) is 8.91. The minimum Gasteiger partial charge on any atom is -0.369 e. The summed E-state index contributed by atoms with van der Waals surface area (Å²) in [6.07, 6.45) is -1.60. The van der Waals surface area contributed by atoms with Gasteiger partial charge in [0.15, 0.2) is 12.5 Å². The van der Waals surface area contributed by atoms with Crippen molar-refractivity contribution in [2.45, 2.75) is 40.2 Å². The quantitative estimate of drug-likeness (QED) is 0.538. The number of nitrogens with zero attached hydrogens (tertiary/aromatic N) is 2. The molecule has 2 aromatic rings. The molecule has 172 valence electrons. The molecule has 2 unspecified atom stereocenters. The Bertz CT molecular complexity index is 1020. The standard InChI is InChI=1S/2C12H14BrNO2/c2*1-7(2)6-14-11(15)9-4-3-8(13)5-10(9)12(14)16/h3-5,7,12,16H,6H2,1-2H3;3-5,7,11,15H,6H2,1-2H3. The highest BCUT2D eigenvalue weighted by Gasteiger charge is 2.36. The first-order valence-corrected chi connectivity index (χ1v) is 12.2. The van der Waals surface area contributed by atoms with Crippen molar-refractivity contribution in [1.82, 2.24) is 9.80 Å². The van der Waals surface area contributed by atoms with Crippen molar-refractivity contribution in [2.75, 3.05) is 13.1 Å². The van der Waals surface area contributed by atoms with E-state index in [4.69, 9.17) is 0 Å². The first-order chi connectivity index (χ1) is 15.0. The third-order valence-corrected chi connectivity index (χ3v) is 6.27. The summed E-state index contributed by atoms with van der Waals surface area (Å²) in [4.78, 5) is 27.1. The Kier molecular flexibility index (Phi) is 7.81. The SMILES string of the molecule is CC(C)CN1C(=O)c2cc(Br)ccc2C1O.CC(C)CN1C(=O)c2ccc(Br)cc2C1O. The van der Waals surface area contributed by atoms with Gasteiger partial charge in [-0.1, -0.05) is 65.6 Å². The van der Waals surface area contributed by atoms with Crippen molar-refractivity contribution in [3.05, 3.63) is 67.6 Å². The van der Waals surface area contributed by atoms with Crippen molar-refractivity contribution >= 4 is 43.7 Å². The minimum atomic E-state index is -0.803. The van der Waals surface area contributed by atoms with Crippen LogP contribution in [0.3, 0.4) is 0 Å². The van der Waals surface area contributed by atoms with Crippen LogP contribution < -0.4 is 0 Å². The van der Waals surface area contributed by atoms with E-state index >= 15 is 0 Å². The van der Waals surface area contributed by atoms with Gasteiger partial charge in [-0.15, -0.1) is 0 Å². The van der Waals surface area contributed by atoms with E-state index in [1.54, 1.807) is 24.3 Å². The highest BCUT2D eigenvalue weighted by molar-refractivity contribution is 9.10. The molecule has 0 saturated heterocycles. The number of benzene rings is 2. The zero-order chi connectivity index (χ0) is 23.7. The topological polar surface area (TPSA) is 81.1 Å². The molecule has 2 amide bonds. The lowest BCUT2D eigenvalue weighted by Gasteiger charge is -2.22. The summed E-state index contributed by atoms with van der Waals surface area (Å²) in [5.74, 6) is 0.522. The Labute approximate surface area is 205 Å². The van der Waals surface area contributed by atoms with Gasteiger partial charge in [-0.2, -0.15) is 0 Å². The van der Waals surface area contributed by atoms with Crippen LogP contribution in [0.15, 0.2) is 45.3 Å². The fraction of sp³-hybridized carbons (Fsp3) is 0.417. The number of carbonyl (C=O) groups excluding carboxylic acids is 2. The Balaban J connectivity index is 0.000000181. The van der Waals surface area contributed by atoms with Crippen molar-refractivity contribution in [1.29, 1.82) is 0 Å². The normalized spacial score (nSPS) is 19.4. The van der Waals surface area contributed by atoms with Gasteiger partial charge >= 0.3 is 0 Å². The van der Waals surface area contributed by atoms with E-state index in [1.165, 1.54) is 9.80 Å². The molecule has 2 aromatic carbocycles. The van der Waals surface area contributed by atoms with Gasteiger partial charge < -0.3 is 20.0 Å². The number of hydrogen-bond donors (Lipinski definition) is 2. The number of halogens is 2. The van der Waals surface area contributed by atoms with Crippen LogP contribution in [0.1, 0.15) is 72.0 Å². The summed E-state index contributed by atoms with van der Waals surface area (Å²) in [5, 5.41) is 20.1. The van der Waals surface area contributed by atoms with Crippen LogP contribution in [-0.2, 0) is 0 Å². The fourth-order valence-electron chi connectivity index (χ4n) is 3.90. The molecule has 0 aliphatic carbocycles. The molecule has 8 heteroatoms. The van der Waals surface area contributed by atoms with Crippen molar-refractivity contribution < 1.29 is 19.8 Å². The lowest BCUT2D eigenvalue weighted by atomic mass is 10.1. The molecule has 0 spiro atoms. The molecule has 2 aliphatic heterocycles. The average molecular weight is 568 g/mol. The Morgan fingerprint density at radius 3 is 1.78 bits per heavy atom. The zero-order valence-electron chi connectivity index (χ0n) is 18.5. The van der Waals surface area contributed by atoms with Crippen LogP contribution >= 0.6 is 31.9 Å². The Morgan fingerprint density at radius 2 is 1.22 bits per heavy atom. The number of aliphatic hydroxyl groups is 2. The number of fused-ring (bicyclic) bond motifs is 2. The molecule has 0 fully saturated rings. The van der Waals surface area contributed by atoms with Gasteiger partial charge in [-0.05, 0) is 42.2 Å². The summed E-state index contributed by atoms with van der Waals surface area (Å²) >= 11 is 6.67. The van der Waals surface area contributed by atoms with Crippen LogP contribution in [0.4, 0.5) is 0 Å². The van der Waals surface area contributed by atoms with Crippen LogP contribution in [0.2, 0.25) is 0 Å². The van der Waals surface area contributed by atoms with Crippen LogP contribution in [0.5, 0.6) is 0 Å². The predicted octanol–water partition coefficient (Wildman–Crippen LogP) is 5.10. The summed E-state index contributed by atoms with van der Waals surface area (Å²) in [7, 11) is 0. The third-order valence-electron chi connectivity index (χ3n) is 5.28. The highest BCUT2D eigenvalue weighted by atomic mass is 79.9. The van der Waals surface area contributed by atoms with E-state index in [1.807, 2.05) is 39.8 Å². The van der Waals surface area contributed by atoms with Gasteiger partial charge in [0.25, 0.3) is 11.8 Å². The van der Waals surface area contributed by atoms with Gasteiger partial charge in [-0.25, -0.2) is 0 Å². The first-order valence-electron chi connectivity index (χ1n) is 10.6. The number of rotatable bonds is 4. The number of aliphatic hydroxyl groups excluding tert-OH is 2. The maximum Gasteiger partial charge on any atom is 0.256 e. The molecule has 0 bridgehead atoms. The Morgan fingerprint density at radius 1 is 0.750 bits per heavy atom. The number of amides is 2. The van der Waals surface area contributed by atoms with E-state index in [0.29, 0.717) is 47.2 Å². The zero-order valence-corrected chi connectivity index (χ0v) is 21.7. The number of carbonyl (C=O) groups is 2. The molecule has 2 heterocycles. The van der Waals surface area contributed by atoms with Gasteiger partial charge in [0, 0.05) is 44.3 Å². The maximum atomic E-state index is 12.0. The molecule has 4 rings (SSSR count). The highest BCUT2D eigenvalue weighted by Crippen LogP contribution is 2.35. The molecule has 2 aliphatic rings. The monoisotopic (exact) mass is 566 g/mol. The summed E-state index contributed by atoms with van der Waals surface area (Å²) in [5.41, 5.74) is 2.60. The van der Waals surface area contributed by atoms with Crippen molar-refractivity contribution in [2.24, 2.45) is 11.8 Å². The van der Waals surface area contributed by atoms with Gasteiger partial charge in [0.2, 0.25) is 0 Å². The van der Waals surface area contributed by atoms with Gasteiger partial charge in [0.05, 0.1) is 0 Å². The first kappa shape index (κ1) is 24.9. The molecule has 0 aromatic heterocycles. The van der Waals surface area contributed by atoms with Crippen LogP contribution in [-0.4, -0.2) is 44.9 Å². The van der Waals surface area contributed by atoms with Gasteiger partial charge in [0.1, 0.15) is 0 Å². The summed E-state index contributed by atoms with van der Waals surface area (Å²) < 4.78 is 1.74. The molecule has 6 nitrogen and oxygen atoms in total. The largest absolute Gasteiger partial charge is 0.369 e. The van der Waals surface area contributed by atoms with E-state index in [-0.39, 0.29) is 11.8 Å². The molecular formula is C24H28Br2N2O4. The predicted molar refractivity (Wildman–Crippen MR) is 130 cm³/mol. The van der Waals surface area contributed by atoms with E-state index in [0.717, 1.165) is 8.95 Å². The lowest BCUT2D eigenvalue weighted by Crippen LogP contribution is -2.31. The van der Waals surface area contributed by atoms with Crippen molar-refractivity contribution in [3.8, 4) is 0 Å². The lowest BCUT2D eigenvalue weighted by molar-refractivity contribution is 0.0119.